The van der Waals surface area contributed by atoms with Crippen molar-refractivity contribution in [2.75, 3.05) is 0 Å². The molecular formula is C20H24O5. The molecular weight excluding hydrogens is 320 g/mol. The fourth-order valence-corrected chi connectivity index (χ4v) is 3.32. The summed E-state index contributed by atoms with van der Waals surface area (Å²) in [5.74, 6) is -0.785. The Labute approximate surface area is 148 Å². The van der Waals surface area contributed by atoms with E-state index in [-0.39, 0.29) is 0 Å². The largest absolute Gasteiger partial charge is 0.364 e. The maximum Gasteiger partial charge on any atom is 0.191 e. The highest BCUT2D eigenvalue weighted by Gasteiger charge is 2.64. The van der Waals surface area contributed by atoms with Gasteiger partial charge in [0.2, 0.25) is 0 Å². The van der Waals surface area contributed by atoms with Gasteiger partial charge in [-0.15, -0.1) is 0 Å². The molecule has 0 amide bonds. The van der Waals surface area contributed by atoms with Gasteiger partial charge in [0.25, 0.3) is 0 Å². The van der Waals surface area contributed by atoms with Gasteiger partial charge in [0.05, 0.1) is 6.61 Å². The van der Waals surface area contributed by atoms with Gasteiger partial charge in [-0.2, -0.15) is 0 Å². The number of aldehydes is 1. The molecule has 3 rings (SSSR count). The molecule has 4 atom stereocenters. The smallest absolute Gasteiger partial charge is 0.191 e. The average molecular weight is 344 g/mol. The van der Waals surface area contributed by atoms with Gasteiger partial charge in [-0.3, -0.25) is 0 Å². The van der Waals surface area contributed by atoms with Gasteiger partial charge in [0, 0.05) is 6.42 Å². The predicted octanol–water partition coefficient (Wildman–Crippen LogP) is 3.15. The number of allylic oxidation sites excluding steroid dienone is 2. The second-order valence-electron chi connectivity index (χ2n) is 6.71. The molecule has 2 aliphatic heterocycles. The Hall–Kier alpha value is -1.79. The van der Waals surface area contributed by atoms with E-state index < -0.39 is 29.9 Å². The Morgan fingerprint density at radius 3 is 2.68 bits per heavy atom. The highest BCUT2D eigenvalue weighted by molar-refractivity contribution is 5.60. The van der Waals surface area contributed by atoms with Crippen molar-refractivity contribution < 1.29 is 23.7 Å². The molecule has 2 aliphatic rings. The average Bonchev–Trinajstić information content (AvgIpc) is 3.05. The van der Waals surface area contributed by atoms with E-state index in [1.807, 2.05) is 56.3 Å². The van der Waals surface area contributed by atoms with Gasteiger partial charge in [0.15, 0.2) is 18.4 Å². The monoisotopic (exact) mass is 344 g/mol. The van der Waals surface area contributed by atoms with Crippen molar-refractivity contribution in [3.05, 3.63) is 60.7 Å². The number of carbonyl (C=O) groups is 1. The van der Waals surface area contributed by atoms with Crippen LogP contribution in [0.1, 0.15) is 25.8 Å². The van der Waals surface area contributed by atoms with Crippen LogP contribution in [0.5, 0.6) is 0 Å². The third-order valence-corrected chi connectivity index (χ3v) is 4.48. The van der Waals surface area contributed by atoms with Gasteiger partial charge in [-0.05, 0) is 19.4 Å². The van der Waals surface area contributed by atoms with Crippen molar-refractivity contribution in [1.82, 2.24) is 0 Å². The van der Waals surface area contributed by atoms with Crippen LogP contribution in [0.3, 0.4) is 0 Å². The molecule has 0 spiro atoms. The van der Waals surface area contributed by atoms with Crippen LogP contribution in [0, 0.1) is 0 Å². The minimum atomic E-state index is -0.949. The number of benzene rings is 1. The lowest BCUT2D eigenvalue weighted by molar-refractivity contribution is -0.233. The van der Waals surface area contributed by atoms with Crippen LogP contribution in [-0.2, 0) is 30.3 Å². The molecule has 0 aliphatic carbocycles. The van der Waals surface area contributed by atoms with Gasteiger partial charge in [0.1, 0.15) is 17.8 Å². The van der Waals surface area contributed by atoms with Crippen molar-refractivity contribution in [3.63, 3.8) is 0 Å². The number of rotatable bonds is 7. The SMILES string of the molecule is C=C/C=C/C[C@@]1(OCc2ccccc2)[C@@H](C=O)O[C@@H]2OC(C)(C)O[C@@H]21. The molecule has 0 N–H and O–H groups in total. The Morgan fingerprint density at radius 2 is 2.00 bits per heavy atom. The zero-order chi connectivity index (χ0) is 17.9. The Bertz CT molecular complexity index is 639. The summed E-state index contributed by atoms with van der Waals surface area (Å²) >= 11 is 0. The van der Waals surface area contributed by atoms with Crippen LogP contribution in [0.25, 0.3) is 0 Å². The van der Waals surface area contributed by atoms with E-state index in [1.54, 1.807) is 6.08 Å². The van der Waals surface area contributed by atoms with Gasteiger partial charge in [-0.25, -0.2) is 0 Å². The molecule has 0 bridgehead atoms. The molecule has 25 heavy (non-hydrogen) atoms. The standard InChI is InChI=1S/C20H24O5/c1-4-5-9-12-20(22-14-15-10-7-6-8-11-15)16(13-21)23-18-17(20)24-19(2,3)25-18/h4-11,13,16-18H,1,12,14H2,2-3H3/b9-5+/t16-,17+,18-,20-/m1/s1. The number of ether oxygens (including phenoxy) is 4. The summed E-state index contributed by atoms with van der Waals surface area (Å²) in [5, 5.41) is 0. The van der Waals surface area contributed by atoms with E-state index in [0.717, 1.165) is 11.8 Å². The van der Waals surface area contributed by atoms with Gasteiger partial charge in [-0.1, -0.05) is 55.1 Å². The van der Waals surface area contributed by atoms with Crippen LogP contribution in [-0.4, -0.2) is 36.2 Å². The summed E-state index contributed by atoms with van der Waals surface area (Å²) in [4.78, 5) is 11.7. The Balaban J connectivity index is 1.89. The summed E-state index contributed by atoms with van der Waals surface area (Å²) in [7, 11) is 0. The van der Waals surface area contributed by atoms with Gasteiger partial charge < -0.3 is 23.7 Å². The first kappa shape index (κ1) is 18.0. The second kappa shape index (κ2) is 7.22. The molecule has 134 valence electrons. The van der Waals surface area contributed by atoms with Crippen LogP contribution < -0.4 is 0 Å². The minimum Gasteiger partial charge on any atom is -0.364 e. The van der Waals surface area contributed by atoms with E-state index >= 15 is 0 Å². The topological polar surface area (TPSA) is 54.0 Å². The van der Waals surface area contributed by atoms with Crippen LogP contribution in [0.4, 0.5) is 0 Å². The van der Waals surface area contributed by atoms with E-state index in [2.05, 4.69) is 6.58 Å². The summed E-state index contributed by atoms with van der Waals surface area (Å²) in [6.45, 7) is 7.69. The summed E-state index contributed by atoms with van der Waals surface area (Å²) < 4.78 is 23.9. The number of hydrogen-bond donors (Lipinski definition) is 0. The zero-order valence-electron chi connectivity index (χ0n) is 14.6. The molecule has 5 nitrogen and oxygen atoms in total. The molecule has 0 unspecified atom stereocenters. The normalized spacial score (nSPS) is 33.4. The molecule has 0 saturated carbocycles. The number of carbonyl (C=O) groups excluding carboxylic acids is 1. The van der Waals surface area contributed by atoms with E-state index in [1.165, 1.54) is 0 Å². The predicted molar refractivity (Wildman–Crippen MR) is 92.7 cm³/mol. The summed E-state index contributed by atoms with van der Waals surface area (Å²) in [5.41, 5.74) is 0.0658. The molecule has 0 aromatic heterocycles. The van der Waals surface area contributed by atoms with Gasteiger partial charge >= 0.3 is 0 Å². The third-order valence-electron chi connectivity index (χ3n) is 4.48. The third kappa shape index (κ3) is 3.60. The Morgan fingerprint density at radius 1 is 1.24 bits per heavy atom. The van der Waals surface area contributed by atoms with Crippen molar-refractivity contribution in [3.8, 4) is 0 Å². The fourth-order valence-electron chi connectivity index (χ4n) is 3.32. The lowest BCUT2D eigenvalue weighted by atomic mass is 9.88. The summed E-state index contributed by atoms with van der Waals surface area (Å²) in [6, 6.07) is 9.81. The van der Waals surface area contributed by atoms with Crippen molar-refractivity contribution >= 4 is 6.29 Å². The summed E-state index contributed by atoms with van der Waals surface area (Å²) in [6.07, 6.45) is 4.76. The van der Waals surface area contributed by atoms with Crippen molar-refractivity contribution in [2.24, 2.45) is 0 Å². The molecule has 2 fully saturated rings. The van der Waals surface area contributed by atoms with Crippen LogP contribution in [0.2, 0.25) is 0 Å². The van der Waals surface area contributed by atoms with E-state index in [4.69, 9.17) is 18.9 Å². The molecule has 0 radical (unpaired) electrons. The first-order chi connectivity index (χ1) is 12.0. The maximum atomic E-state index is 11.7. The first-order valence-electron chi connectivity index (χ1n) is 8.42. The second-order valence-corrected chi connectivity index (χ2v) is 6.71. The quantitative estimate of drug-likeness (QED) is 0.562. The highest BCUT2D eigenvalue weighted by Crippen LogP contribution is 2.46. The lowest BCUT2D eigenvalue weighted by Gasteiger charge is -2.35. The molecule has 1 aromatic rings. The van der Waals surface area contributed by atoms with E-state index in [0.29, 0.717) is 13.0 Å². The number of fused-ring (bicyclic) bond motifs is 1. The van der Waals surface area contributed by atoms with E-state index in [9.17, 15) is 4.79 Å². The minimum absolute atomic E-state index is 0.351. The fraction of sp³-hybridized carbons (Fsp3) is 0.450. The molecule has 2 saturated heterocycles. The lowest BCUT2D eigenvalue weighted by Crippen LogP contribution is -2.51. The Kier molecular flexibility index (Phi) is 5.20. The maximum absolute atomic E-state index is 11.7. The molecule has 2 heterocycles. The molecule has 1 aromatic carbocycles. The number of hydrogen-bond acceptors (Lipinski definition) is 5. The van der Waals surface area contributed by atoms with Crippen LogP contribution in [0.15, 0.2) is 55.1 Å². The highest BCUT2D eigenvalue weighted by atomic mass is 16.8. The first-order valence-corrected chi connectivity index (χ1v) is 8.42. The van der Waals surface area contributed by atoms with Crippen molar-refractivity contribution in [1.29, 1.82) is 0 Å². The van der Waals surface area contributed by atoms with Crippen molar-refractivity contribution in [2.45, 2.75) is 56.8 Å². The zero-order valence-corrected chi connectivity index (χ0v) is 14.6. The van der Waals surface area contributed by atoms with Crippen LogP contribution >= 0.6 is 0 Å². The molecule has 5 heteroatoms.